The summed E-state index contributed by atoms with van der Waals surface area (Å²) in [5.74, 6) is -0.542. The molecule has 0 spiro atoms. The van der Waals surface area contributed by atoms with Crippen molar-refractivity contribution in [3.8, 4) is 5.75 Å². The van der Waals surface area contributed by atoms with Crippen molar-refractivity contribution in [2.45, 2.75) is 6.92 Å². The highest BCUT2D eigenvalue weighted by atomic mass is 19.1. The van der Waals surface area contributed by atoms with E-state index in [1.165, 1.54) is 32.2 Å². The van der Waals surface area contributed by atoms with Crippen LogP contribution in [0.25, 0.3) is 0 Å². The lowest BCUT2D eigenvalue weighted by molar-refractivity contribution is -0.123. The van der Waals surface area contributed by atoms with E-state index >= 15 is 0 Å². The second kappa shape index (κ2) is 8.11. The first-order valence-corrected chi connectivity index (χ1v) is 5.95. The lowest BCUT2D eigenvalue weighted by Gasteiger charge is -2.11. The molecule has 1 aromatic rings. The monoisotopic (exact) mass is 284 g/mol. The van der Waals surface area contributed by atoms with Crippen LogP contribution in [0.1, 0.15) is 12.5 Å². The molecule has 1 rings (SSSR count). The Morgan fingerprint density at radius 3 is 2.90 bits per heavy atom. The van der Waals surface area contributed by atoms with E-state index in [1.54, 1.807) is 0 Å². The minimum atomic E-state index is -0.486. The van der Waals surface area contributed by atoms with Gasteiger partial charge >= 0.3 is 0 Å². The Bertz CT molecular complexity index is 491. The Morgan fingerprint density at radius 1 is 1.50 bits per heavy atom. The molecule has 7 heteroatoms. The molecule has 0 atom stereocenters. The van der Waals surface area contributed by atoms with Crippen molar-refractivity contribution in [3.63, 3.8) is 0 Å². The summed E-state index contributed by atoms with van der Waals surface area (Å²) in [5.41, 5.74) is 0.483. The largest absolute Gasteiger partial charge is 0.483 e. The average Bonchev–Trinajstić information content (AvgIpc) is 2.45. The number of halogens is 1. The number of oxime groups is 1. The van der Waals surface area contributed by atoms with Gasteiger partial charge in [0, 0.05) is 19.2 Å². The van der Waals surface area contributed by atoms with Crippen LogP contribution in [0.3, 0.4) is 0 Å². The standard InChI is InChI=1S/C13H17FN2O4/c1-9(16-18)11-7-10(14)3-4-12(11)20-8-13(17)15-5-6-19-2/h3-4,7,18H,5-6,8H2,1-2H3,(H,15,17)/b16-9+. The number of carbonyl (C=O) groups excluding carboxylic acids is 1. The Morgan fingerprint density at radius 2 is 2.25 bits per heavy atom. The number of nitrogens with one attached hydrogen (secondary N) is 1. The molecule has 1 aromatic carbocycles. The lowest BCUT2D eigenvalue weighted by atomic mass is 10.1. The molecule has 0 unspecified atom stereocenters. The molecule has 0 heterocycles. The molecule has 0 saturated carbocycles. The van der Waals surface area contributed by atoms with Crippen LogP contribution in [0.15, 0.2) is 23.4 Å². The maximum atomic E-state index is 13.2. The van der Waals surface area contributed by atoms with Gasteiger partial charge in [0.1, 0.15) is 11.6 Å². The van der Waals surface area contributed by atoms with Crippen LogP contribution in [-0.4, -0.2) is 43.7 Å². The van der Waals surface area contributed by atoms with Crippen LogP contribution in [-0.2, 0) is 9.53 Å². The van der Waals surface area contributed by atoms with Gasteiger partial charge in [-0.2, -0.15) is 0 Å². The Balaban J connectivity index is 2.66. The Labute approximate surface area is 116 Å². The molecule has 0 saturated heterocycles. The van der Waals surface area contributed by atoms with E-state index in [9.17, 15) is 9.18 Å². The highest BCUT2D eigenvalue weighted by Gasteiger charge is 2.11. The number of hydrogen-bond donors (Lipinski definition) is 2. The minimum absolute atomic E-state index is 0.194. The summed E-state index contributed by atoms with van der Waals surface area (Å²) in [6.45, 7) is 2.07. The number of rotatable bonds is 7. The van der Waals surface area contributed by atoms with E-state index < -0.39 is 5.82 Å². The molecular weight excluding hydrogens is 267 g/mol. The van der Waals surface area contributed by atoms with Gasteiger partial charge in [0.05, 0.1) is 12.3 Å². The zero-order valence-electron chi connectivity index (χ0n) is 11.4. The van der Waals surface area contributed by atoms with Crippen LogP contribution in [0.2, 0.25) is 0 Å². The summed E-state index contributed by atoms with van der Waals surface area (Å²) < 4.78 is 23.3. The third-order valence-electron chi connectivity index (χ3n) is 2.47. The zero-order chi connectivity index (χ0) is 15.0. The van der Waals surface area contributed by atoms with Gasteiger partial charge in [0.15, 0.2) is 6.61 Å². The van der Waals surface area contributed by atoms with Gasteiger partial charge in [-0.25, -0.2) is 4.39 Å². The smallest absolute Gasteiger partial charge is 0.258 e. The van der Waals surface area contributed by atoms with E-state index in [-0.39, 0.29) is 29.5 Å². The number of amides is 1. The van der Waals surface area contributed by atoms with Crippen LogP contribution in [0, 0.1) is 5.82 Å². The average molecular weight is 284 g/mol. The van der Waals surface area contributed by atoms with Gasteiger partial charge in [-0.05, 0) is 25.1 Å². The highest BCUT2D eigenvalue weighted by Crippen LogP contribution is 2.20. The number of nitrogens with zero attached hydrogens (tertiary/aromatic N) is 1. The third-order valence-corrected chi connectivity index (χ3v) is 2.47. The van der Waals surface area contributed by atoms with Crippen molar-refractivity contribution in [2.24, 2.45) is 5.16 Å². The van der Waals surface area contributed by atoms with Gasteiger partial charge in [-0.1, -0.05) is 5.16 Å². The van der Waals surface area contributed by atoms with E-state index in [4.69, 9.17) is 14.7 Å². The fourth-order valence-corrected chi connectivity index (χ4v) is 1.45. The Hall–Kier alpha value is -2.15. The predicted octanol–water partition coefficient (Wildman–Crippen LogP) is 1.17. The van der Waals surface area contributed by atoms with Crippen molar-refractivity contribution >= 4 is 11.6 Å². The quantitative estimate of drug-likeness (QED) is 0.341. The maximum absolute atomic E-state index is 13.2. The second-order valence-electron chi connectivity index (χ2n) is 3.96. The normalized spacial score (nSPS) is 11.2. The van der Waals surface area contributed by atoms with Crippen molar-refractivity contribution in [1.29, 1.82) is 0 Å². The van der Waals surface area contributed by atoms with Crippen molar-refractivity contribution < 1.29 is 23.9 Å². The van der Waals surface area contributed by atoms with E-state index in [0.717, 1.165) is 0 Å². The molecule has 0 aliphatic carbocycles. The topological polar surface area (TPSA) is 80.2 Å². The summed E-state index contributed by atoms with van der Waals surface area (Å²) in [4.78, 5) is 11.5. The van der Waals surface area contributed by atoms with Crippen LogP contribution in [0.5, 0.6) is 5.75 Å². The molecule has 0 aliphatic heterocycles. The molecule has 0 bridgehead atoms. The van der Waals surface area contributed by atoms with E-state index in [0.29, 0.717) is 13.2 Å². The number of benzene rings is 1. The summed E-state index contributed by atoms with van der Waals surface area (Å²) in [6.07, 6.45) is 0. The molecule has 1 amide bonds. The molecule has 0 fully saturated rings. The summed E-state index contributed by atoms with van der Waals surface area (Å²) in [5, 5.41) is 14.3. The van der Waals surface area contributed by atoms with E-state index in [2.05, 4.69) is 10.5 Å². The first-order chi connectivity index (χ1) is 9.58. The number of hydrogen-bond acceptors (Lipinski definition) is 5. The molecule has 0 radical (unpaired) electrons. The number of methoxy groups -OCH3 is 1. The molecule has 0 aromatic heterocycles. The van der Waals surface area contributed by atoms with Crippen molar-refractivity contribution in [1.82, 2.24) is 5.32 Å². The molecular formula is C13H17FN2O4. The lowest BCUT2D eigenvalue weighted by Crippen LogP contribution is -2.31. The highest BCUT2D eigenvalue weighted by molar-refractivity contribution is 6.00. The van der Waals surface area contributed by atoms with Gasteiger partial charge in [-0.3, -0.25) is 4.79 Å². The molecule has 0 aliphatic rings. The fourth-order valence-electron chi connectivity index (χ4n) is 1.45. The maximum Gasteiger partial charge on any atom is 0.258 e. The van der Waals surface area contributed by atoms with Crippen LogP contribution in [0.4, 0.5) is 4.39 Å². The van der Waals surface area contributed by atoms with Gasteiger partial charge in [-0.15, -0.1) is 0 Å². The second-order valence-corrected chi connectivity index (χ2v) is 3.96. The summed E-state index contributed by atoms with van der Waals surface area (Å²) in [7, 11) is 1.53. The molecule has 110 valence electrons. The van der Waals surface area contributed by atoms with Gasteiger partial charge in [0.2, 0.25) is 0 Å². The zero-order valence-corrected chi connectivity index (χ0v) is 11.4. The number of ether oxygens (including phenoxy) is 2. The summed E-state index contributed by atoms with van der Waals surface area (Å²) >= 11 is 0. The number of carbonyl (C=O) groups is 1. The predicted molar refractivity (Wildman–Crippen MR) is 70.8 cm³/mol. The minimum Gasteiger partial charge on any atom is -0.483 e. The van der Waals surface area contributed by atoms with Crippen molar-refractivity contribution in [2.75, 3.05) is 26.9 Å². The third kappa shape index (κ3) is 4.85. The van der Waals surface area contributed by atoms with Crippen LogP contribution < -0.4 is 10.1 Å². The van der Waals surface area contributed by atoms with Gasteiger partial charge < -0.3 is 20.0 Å². The van der Waals surface area contributed by atoms with Crippen molar-refractivity contribution in [3.05, 3.63) is 29.6 Å². The molecule has 6 nitrogen and oxygen atoms in total. The fraction of sp³-hybridized carbons (Fsp3) is 0.385. The first kappa shape index (κ1) is 15.9. The SMILES string of the molecule is COCCNC(=O)COc1ccc(F)cc1/C(C)=N/O. The van der Waals surface area contributed by atoms with E-state index in [1.807, 2.05) is 0 Å². The molecule has 20 heavy (non-hydrogen) atoms. The molecule has 2 N–H and O–H groups in total. The van der Waals surface area contributed by atoms with Crippen LogP contribution >= 0.6 is 0 Å². The van der Waals surface area contributed by atoms with Gasteiger partial charge in [0.25, 0.3) is 5.91 Å². The summed E-state index contributed by atoms with van der Waals surface area (Å²) in [6, 6.07) is 3.75. The Kier molecular flexibility index (Phi) is 6.45. The first-order valence-electron chi connectivity index (χ1n) is 5.95.